The second-order valence-corrected chi connectivity index (χ2v) is 7.41. The number of amides is 1. The van der Waals surface area contributed by atoms with Crippen molar-refractivity contribution in [3.05, 3.63) is 59.7 Å². The molecule has 2 rings (SSSR count). The lowest BCUT2D eigenvalue weighted by molar-refractivity contribution is -0.114. The van der Waals surface area contributed by atoms with Crippen molar-refractivity contribution >= 4 is 21.6 Å². The topological polar surface area (TPSA) is 75.3 Å². The van der Waals surface area contributed by atoms with Gasteiger partial charge in [0, 0.05) is 19.2 Å². The highest BCUT2D eigenvalue weighted by Gasteiger charge is 2.15. The van der Waals surface area contributed by atoms with Crippen LogP contribution in [0.2, 0.25) is 0 Å². The molecule has 0 fully saturated rings. The van der Waals surface area contributed by atoms with E-state index in [0.29, 0.717) is 18.7 Å². The van der Waals surface area contributed by atoms with E-state index in [1.807, 2.05) is 37.3 Å². The third-order valence-electron chi connectivity index (χ3n) is 3.61. The molecule has 5 nitrogen and oxygen atoms in total. The van der Waals surface area contributed by atoms with Gasteiger partial charge in [0.25, 0.3) is 0 Å². The van der Waals surface area contributed by atoms with E-state index in [-0.39, 0.29) is 10.8 Å². The fourth-order valence-electron chi connectivity index (χ4n) is 2.32. The molecule has 24 heavy (non-hydrogen) atoms. The monoisotopic (exact) mass is 346 g/mol. The van der Waals surface area contributed by atoms with Crippen LogP contribution in [0.3, 0.4) is 0 Å². The molecule has 2 aromatic rings. The zero-order valence-electron chi connectivity index (χ0n) is 13.9. The number of anilines is 1. The Morgan fingerprint density at radius 1 is 1.08 bits per heavy atom. The van der Waals surface area contributed by atoms with Crippen LogP contribution in [0.4, 0.5) is 5.69 Å². The molecule has 128 valence electrons. The number of hydrogen-bond donors (Lipinski definition) is 2. The molecule has 0 aromatic heterocycles. The van der Waals surface area contributed by atoms with Crippen molar-refractivity contribution in [1.29, 1.82) is 0 Å². The number of aryl methyl sites for hydroxylation is 2. The normalized spacial score (nSPS) is 11.2. The summed E-state index contributed by atoms with van der Waals surface area (Å²) in [5, 5.41) is 2.64. The van der Waals surface area contributed by atoms with Crippen LogP contribution >= 0.6 is 0 Å². The van der Waals surface area contributed by atoms with Gasteiger partial charge in [-0.3, -0.25) is 4.79 Å². The Balaban J connectivity index is 1.98. The van der Waals surface area contributed by atoms with E-state index >= 15 is 0 Å². The quantitative estimate of drug-likeness (QED) is 0.757. The standard InChI is InChI=1S/C18H22N2O3S/c1-14-10-11-17(13-18(14)20-15(2)21)24(22,23)19-12-6-9-16-7-4-3-5-8-16/h3-5,7-8,10-11,13,19H,6,9,12H2,1-2H3,(H,20,21). The molecule has 0 bridgehead atoms. The smallest absolute Gasteiger partial charge is 0.240 e. The summed E-state index contributed by atoms with van der Waals surface area (Å²) < 4.78 is 27.3. The average Bonchev–Trinajstić information content (AvgIpc) is 2.54. The van der Waals surface area contributed by atoms with E-state index < -0.39 is 10.0 Å². The second-order valence-electron chi connectivity index (χ2n) is 5.64. The maximum absolute atomic E-state index is 12.4. The Kier molecular flexibility index (Phi) is 6.11. The molecule has 6 heteroatoms. The first-order chi connectivity index (χ1) is 11.4. The van der Waals surface area contributed by atoms with Crippen molar-refractivity contribution in [3.63, 3.8) is 0 Å². The number of benzene rings is 2. The Bertz CT molecular complexity index is 802. The highest BCUT2D eigenvalue weighted by molar-refractivity contribution is 7.89. The molecule has 2 N–H and O–H groups in total. The molecule has 0 aliphatic heterocycles. The van der Waals surface area contributed by atoms with Gasteiger partial charge < -0.3 is 5.32 Å². The molecule has 0 radical (unpaired) electrons. The Hall–Kier alpha value is -2.18. The first kappa shape index (κ1) is 18.2. The van der Waals surface area contributed by atoms with Crippen molar-refractivity contribution in [2.75, 3.05) is 11.9 Å². The molecule has 0 heterocycles. The van der Waals surface area contributed by atoms with Crippen molar-refractivity contribution < 1.29 is 13.2 Å². The highest BCUT2D eigenvalue weighted by atomic mass is 32.2. The largest absolute Gasteiger partial charge is 0.326 e. The van der Waals surface area contributed by atoms with Crippen molar-refractivity contribution in [2.24, 2.45) is 0 Å². The Morgan fingerprint density at radius 2 is 1.79 bits per heavy atom. The molecule has 1 amide bonds. The fraction of sp³-hybridized carbons (Fsp3) is 0.278. The minimum absolute atomic E-state index is 0.150. The van der Waals surface area contributed by atoms with E-state index in [1.165, 1.54) is 18.6 Å². The number of nitrogens with one attached hydrogen (secondary N) is 2. The number of carbonyl (C=O) groups excluding carboxylic acids is 1. The van der Waals surface area contributed by atoms with Crippen molar-refractivity contribution in [3.8, 4) is 0 Å². The molecule has 0 saturated heterocycles. The molecule has 0 saturated carbocycles. The van der Waals surface area contributed by atoms with E-state index in [4.69, 9.17) is 0 Å². The van der Waals surface area contributed by atoms with Gasteiger partial charge in [-0.2, -0.15) is 0 Å². The Morgan fingerprint density at radius 3 is 2.46 bits per heavy atom. The summed E-state index contributed by atoms with van der Waals surface area (Å²) in [6.45, 7) is 3.57. The number of hydrogen-bond acceptors (Lipinski definition) is 3. The summed E-state index contributed by atoms with van der Waals surface area (Å²) in [4.78, 5) is 11.3. The third kappa shape index (κ3) is 5.18. The minimum atomic E-state index is -3.59. The maximum Gasteiger partial charge on any atom is 0.240 e. The molecule has 2 aromatic carbocycles. The summed E-state index contributed by atoms with van der Waals surface area (Å²) in [6, 6.07) is 14.6. The molecule has 0 unspecified atom stereocenters. The van der Waals surface area contributed by atoms with Gasteiger partial charge in [-0.1, -0.05) is 36.4 Å². The Labute approximate surface area is 143 Å². The van der Waals surface area contributed by atoms with Gasteiger partial charge in [0.05, 0.1) is 4.90 Å². The van der Waals surface area contributed by atoms with Crippen LogP contribution in [0.15, 0.2) is 53.4 Å². The SMILES string of the molecule is CC(=O)Nc1cc(S(=O)(=O)NCCCc2ccccc2)ccc1C. The lowest BCUT2D eigenvalue weighted by Crippen LogP contribution is -2.25. The predicted molar refractivity (Wildman–Crippen MR) is 95.4 cm³/mol. The van der Waals surface area contributed by atoms with E-state index in [2.05, 4.69) is 10.0 Å². The maximum atomic E-state index is 12.4. The van der Waals surface area contributed by atoms with Gasteiger partial charge in [0.1, 0.15) is 0 Å². The van der Waals surface area contributed by atoms with Gasteiger partial charge in [-0.15, -0.1) is 0 Å². The summed E-state index contributed by atoms with van der Waals surface area (Å²) in [5.41, 5.74) is 2.50. The van der Waals surface area contributed by atoms with Gasteiger partial charge in [0.15, 0.2) is 0 Å². The van der Waals surface area contributed by atoms with Crippen LogP contribution in [0.5, 0.6) is 0 Å². The first-order valence-electron chi connectivity index (χ1n) is 7.80. The number of carbonyl (C=O) groups is 1. The minimum Gasteiger partial charge on any atom is -0.326 e. The first-order valence-corrected chi connectivity index (χ1v) is 9.28. The van der Waals surface area contributed by atoms with Gasteiger partial charge in [-0.05, 0) is 43.0 Å². The lowest BCUT2D eigenvalue weighted by Gasteiger charge is -2.11. The summed E-state index contributed by atoms with van der Waals surface area (Å²) in [7, 11) is -3.59. The average molecular weight is 346 g/mol. The molecule has 0 aliphatic rings. The van der Waals surface area contributed by atoms with Gasteiger partial charge >= 0.3 is 0 Å². The highest BCUT2D eigenvalue weighted by Crippen LogP contribution is 2.20. The molecule has 0 spiro atoms. The third-order valence-corrected chi connectivity index (χ3v) is 5.07. The lowest BCUT2D eigenvalue weighted by atomic mass is 10.1. The second kappa shape index (κ2) is 8.08. The predicted octanol–water partition coefficient (Wildman–Crippen LogP) is 2.86. The molecule has 0 aliphatic carbocycles. The fourth-order valence-corrected chi connectivity index (χ4v) is 3.42. The van der Waals surface area contributed by atoms with Crippen LogP contribution in [-0.2, 0) is 21.2 Å². The van der Waals surface area contributed by atoms with Crippen LogP contribution in [-0.4, -0.2) is 20.9 Å². The molecular weight excluding hydrogens is 324 g/mol. The zero-order valence-corrected chi connectivity index (χ0v) is 14.7. The van der Waals surface area contributed by atoms with Gasteiger partial charge in [-0.25, -0.2) is 13.1 Å². The summed E-state index contributed by atoms with van der Waals surface area (Å²) >= 11 is 0. The number of rotatable bonds is 7. The van der Waals surface area contributed by atoms with Crippen LogP contribution < -0.4 is 10.0 Å². The van der Waals surface area contributed by atoms with E-state index in [9.17, 15) is 13.2 Å². The number of sulfonamides is 1. The molecular formula is C18H22N2O3S. The van der Waals surface area contributed by atoms with Crippen LogP contribution in [0.1, 0.15) is 24.5 Å². The van der Waals surface area contributed by atoms with E-state index in [0.717, 1.165) is 12.0 Å². The summed E-state index contributed by atoms with van der Waals surface area (Å²) in [6.07, 6.45) is 1.53. The summed E-state index contributed by atoms with van der Waals surface area (Å²) in [5.74, 6) is -0.233. The van der Waals surface area contributed by atoms with Crippen LogP contribution in [0, 0.1) is 6.92 Å². The van der Waals surface area contributed by atoms with E-state index in [1.54, 1.807) is 12.1 Å². The van der Waals surface area contributed by atoms with Crippen molar-refractivity contribution in [2.45, 2.75) is 31.6 Å². The zero-order chi connectivity index (χ0) is 17.6. The van der Waals surface area contributed by atoms with Crippen LogP contribution in [0.25, 0.3) is 0 Å². The molecule has 0 atom stereocenters. The van der Waals surface area contributed by atoms with Crippen molar-refractivity contribution in [1.82, 2.24) is 4.72 Å². The van der Waals surface area contributed by atoms with Gasteiger partial charge in [0.2, 0.25) is 15.9 Å².